The molecule has 20 heavy (non-hydrogen) atoms. The Morgan fingerprint density at radius 3 is 2.50 bits per heavy atom. The maximum Gasteiger partial charge on any atom is 0.141 e. The van der Waals surface area contributed by atoms with Gasteiger partial charge in [0.2, 0.25) is 0 Å². The van der Waals surface area contributed by atoms with Crippen molar-refractivity contribution in [2.45, 2.75) is 6.54 Å². The van der Waals surface area contributed by atoms with E-state index in [0.717, 1.165) is 22.4 Å². The number of rotatable bonds is 3. The summed E-state index contributed by atoms with van der Waals surface area (Å²) in [6.07, 6.45) is 3.48. The summed E-state index contributed by atoms with van der Waals surface area (Å²) in [5, 5.41) is 1.01. The molecule has 102 valence electrons. The van der Waals surface area contributed by atoms with Gasteiger partial charge in [0.25, 0.3) is 0 Å². The molecule has 2 aromatic heterocycles. The van der Waals surface area contributed by atoms with E-state index in [1.165, 1.54) is 0 Å². The summed E-state index contributed by atoms with van der Waals surface area (Å²) < 4.78 is 2.05. The maximum absolute atomic E-state index is 6.10. The van der Waals surface area contributed by atoms with Crippen molar-refractivity contribution in [2.75, 3.05) is 6.54 Å². The normalized spacial score (nSPS) is 11.2. The van der Waals surface area contributed by atoms with Crippen LogP contribution >= 0.6 is 23.2 Å². The third-order valence-corrected chi connectivity index (χ3v) is 3.80. The minimum absolute atomic E-state index is 0.498. The Morgan fingerprint density at radius 2 is 1.80 bits per heavy atom. The molecule has 0 saturated heterocycles. The van der Waals surface area contributed by atoms with Gasteiger partial charge in [-0.05, 0) is 24.3 Å². The second kappa shape index (κ2) is 5.40. The average Bonchev–Trinajstić information content (AvgIpc) is 2.79. The Bertz CT molecular complexity index is 753. The minimum atomic E-state index is 0.498. The second-order valence-electron chi connectivity index (χ2n) is 4.37. The first-order valence-corrected chi connectivity index (χ1v) is 6.92. The summed E-state index contributed by atoms with van der Waals surface area (Å²) in [5.74, 6) is 0.839. The number of halogens is 2. The number of hydrogen-bond donors (Lipinski definition) is 1. The molecular weight excluding hydrogens is 295 g/mol. The smallest absolute Gasteiger partial charge is 0.141 e. The van der Waals surface area contributed by atoms with Crippen LogP contribution in [0.15, 0.2) is 36.7 Å². The second-order valence-corrected chi connectivity index (χ2v) is 5.18. The van der Waals surface area contributed by atoms with Gasteiger partial charge in [0.1, 0.15) is 5.82 Å². The molecule has 6 heteroatoms. The van der Waals surface area contributed by atoms with Gasteiger partial charge in [-0.25, -0.2) is 4.98 Å². The Balaban J connectivity index is 2.28. The Labute approximate surface area is 126 Å². The van der Waals surface area contributed by atoms with E-state index in [1.54, 1.807) is 18.5 Å². The Morgan fingerprint density at radius 1 is 1.10 bits per heavy atom. The fourth-order valence-corrected chi connectivity index (χ4v) is 2.51. The fourth-order valence-electron chi connectivity index (χ4n) is 2.20. The molecule has 0 fully saturated rings. The van der Waals surface area contributed by atoms with Crippen LogP contribution in [0.2, 0.25) is 10.0 Å². The van der Waals surface area contributed by atoms with Gasteiger partial charge in [0.05, 0.1) is 21.1 Å². The van der Waals surface area contributed by atoms with E-state index in [1.807, 2.05) is 22.8 Å². The van der Waals surface area contributed by atoms with Crippen LogP contribution in [-0.2, 0) is 6.54 Å². The fraction of sp³-hybridized carbons (Fsp3) is 0.143. The predicted octanol–water partition coefficient (Wildman–Crippen LogP) is 3.36. The van der Waals surface area contributed by atoms with Gasteiger partial charge in [-0.2, -0.15) is 0 Å². The quantitative estimate of drug-likeness (QED) is 0.807. The van der Waals surface area contributed by atoms with Crippen LogP contribution in [0.3, 0.4) is 0 Å². The number of benzene rings is 1. The summed E-state index contributed by atoms with van der Waals surface area (Å²) in [6, 6.07) is 7.43. The zero-order valence-electron chi connectivity index (χ0n) is 10.6. The van der Waals surface area contributed by atoms with Crippen molar-refractivity contribution in [1.82, 2.24) is 14.5 Å². The molecular formula is C14H12Cl2N4. The number of imidazole rings is 1. The molecule has 2 N–H and O–H groups in total. The number of nitrogens with two attached hydrogens (primary N) is 1. The summed E-state index contributed by atoms with van der Waals surface area (Å²) in [7, 11) is 0. The molecule has 0 radical (unpaired) electrons. The zero-order chi connectivity index (χ0) is 14.1. The minimum Gasteiger partial charge on any atom is -0.329 e. The molecule has 0 atom stereocenters. The first-order chi connectivity index (χ1) is 9.70. The third-order valence-electron chi connectivity index (χ3n) is 3.08. The van der Waals surface area contributed by atoms with E-state index >= 15 is 0 Å². The predicted molar refractivity (Wildman–Crippen MR) is 82.0 cm³/mol. The average molecular weight is 307 g/mol. The summed E-state index contributed by atoms with van der Waals surface area (Å²) in [5.41, 5.74) is 8.42. The van der Waals surface area contributed by atoms with Gasteiger partial charge in [-0.1, -0.05) is 23.2 Å². The van der Waals surface area contributed by atoms with Crippen molar-refractivity contribution in [3.05, 3.63) is 46.7 Å². The number of pyridine rings is 1. The van der Waals surface area contributed by atoms with E-state index in [-0.39, 0.29) is 0 Å². The molecule has 2 heterocycles. The van der Waals surface area contributed by atoms with Crippen molar-refractivity contribution in [2.24, 2.45) is 5.73 Å². The topological polar surface area (TPSA) is 56.7 Å². The maximum atomic E-state index is 6.10. The Hall–Kier alpha value is -1.62. The molecule has 3 aromatic rings. The number of fused-ring (bicyclic) bond motifs is 1. The van der Waals surface area contributed by atoms with Gasteiger partial charge in [0.15, 0.2) is 0 Å². The van der Waals surface area contributed by atoms with Crippen molar-refractivity contribution >= 4 is 34.2 Å². The summed E-state index contributed by atoms with van der Waals surface area (Å²) >= 11 is 12.2. The summed E-state index contributed by atoms with van der Waals surface area (Å²) in [4.78, 5) is 8.66. The lowest BCUT2D eigenvalue weighted by Crippen LogP contribution is -2.10. The monoisotopic (exact) mass is 306 g/mol. The van der Waals surface area contributed by atoms with Crippen molar-refractivity contribution in [3.63, 3.8) is 0 Å². The number of hydrogen-bond acceptors (Lipinski definition) is 3. The van der Waals surface area contributed by atoms with Gasteiger partial charge in [-0.15, -0.1) is 0 Å². The highest BCUT2D eigenvalue weighted by atomic mass is 35.5. The van der Waals surface area contributed by atoms with Gasteiger partial charge in [-0.3, -0.25) is 4.98 Å². The highest BCUT2D eigenvalue weighted by molar-refractivity contribution is 6.42. The SMILES string of the molecule is NCCn1c(-c2ccncc2)nc2cc(Cl)c(Cl)cc21. The van der Waals surface area contributed by atoms with Crippen molar-refractivity contribution in [1.29, 1.82) is 0 Å². The molecule has 0 bridgehead atoms. The molecule has 0 saturated carbocycles. The van der Waals surface area contributed by atoms with Gasteiger partial charge < -0.3 is 10.3 Å². The highest BCUT2D eigenvalue weighted by Crippen LogP contribution is 2.31. The molecule has 0 aliphatic rings. The first-order valence-electron chi connectivity index (χ1n) is 6.16. The van der Waals surface area contributed by atoms with Crippen LogP contribution in [0, 0.1) is 0 Å². The molecule has 0 aliphatic heterocycles. The molecule has 1 aromatic carbocycles. The van der Waals surface area contributed by atoms with E-state index in [9.17, 15) is 0 Å². The van der Waals surface area contributed by atoms with E-state index < -0.39 is 0 Å². The van der Waals surface area contributed by atoms with E-state index in [4.69, 9.17) is 28.9 Å². The molecule has 0 amide bonds. The van der Waals surface area contributed by atoms with Crippen LogP contribution in [0.25, 0.3) is 22.4 Å². The van der Waals surface area contributed by atoms with Gasteiger partial charge >= 0.3 is 0 Å². The largest absolute Gasteiger partial charge is 0.329 e. The Kier molecular flexibility index (Phi) is 3.61. The molecule has 0 aliphatic carbocycles. The van der Waals surface area contributed by atoms with Crippen LogP contribution in [-0.4, -0.2) is 21.1 Å². The van der Waals surface area contributed by atoms with Crippen LogP contribution in [0.5, 0.6) is 0 Å². The zero-order valence-corrected chi connectivity index (χ0v) is 12.1. The third kappa shape index (κ3) is 2.26. The van der Waals surface area contributed by atoms with E-state index in [2.05, 4.69) is 9.97 Å². The summed E-state index contributed by atoms with van der Waals surface area (Å²) in [6.45, 7) is 1.18. The van der Waals surface area contributed by atoms with Crippen LogP contribution < -0.4 is 5.73 Å². The van der Waals surface area contributed by atoms with E-state index in [0.29, 0.717) is 23.1 Å². The lowest BCUT2D eigenvalue weighted by atomic mass is 10.2. The standard InChI is InChI=1S/C14H12Cl2N4/c15-10-7-12-13(8-11(10)16)20(6-3-17)14(19-12)9-1-4-18-5-2-9/h1-2,4-5,7-8H,3,6,17H2. The number of aromatic nitrogens is 3. The van der Waals surface area contributed by atoms with Gasteiger partial charge in [0, 0.05) is 31.0 Å². The molecule has 3 rings (SSSR count). The highest BCUT2D eigenvalue weighted by Gasteiger charge is 2.14. The number of nitrogens with zero attached hydrogens (tertiary/aromatic N) is 3. The van der Waals surface area contributed by atoms with Crippen LogP contribution in [0.4, 0.5) is 0 Å². The lowest BCUT2D eigenvalue weighted by Gasteiger charge is -2.07. The van der Waals surface area contributed by atoms with Crippen molar-refractivity contribution in [3.8, 4) is 11.4 Å². The lowest BCUT2D eigenvalue weighted by molar-refractivity contribution is 0.735. The van der Waals surface area contributed by atoms with Crippen molar-refractivity contribution < 1.29 is 0 Å². The molecule has 4 nitrogen and oxygen atoms in total. The van der Waals surface area contributed by atoms with Crippen LogP contribution in [0.1, 0.15) is 0 Å². The first kappa shape index (κ1) is 13.4. The molecule has 0 spiro atoms. The molecule has 0 unspecified atom stereocenters.